The third kappa shape index (κ3) is 2.73. The Balaban J connectivity index is 2.16. The summed E-state index contributed by atoms with van der Waals surface area (Å²) in [6, 6.07) is 5.19. The summed E-state index contributed by atoms with van der Waals surface area (Å²) in [5, 5.41) is 0.237. The maximum absolute atomic E-state index is 13.7. The van der Waals surface area contributed by atoms with Crippen LogP contribution >= 0.6 is 11.8 Å². The molecule has 0 spiro atoms. The normalized spacial score (nSPS) is 23.2. The second kappa shape index (κ2) is 6.39. The van der Waals surface area contributed by atoms with Crippen molar-refractivity contribution in [3.05, 3.63) is 46.9 Å². The third-order valence-electron chi connectivity index (χ3n) is 3.92. The maximum atomic E-state index is 13.7. The number of fused-ring (bicyclic) bond motifs is 1. The number of aliphatic imine (C=N–C) groups is 1. The first-order valence-corrected chi connectivity index (χ1v) is 8.53. The molecule has 0 bridgehead atoms. The molecule has 5 nitrogen and oxygen atoms in total. The van der Waals surface area contributed by atoms with Gasteiger partial charge in [-0.15, -0.1) is 0 Å². The van der Waals surface area contributed by atoms with Crippen LogP contribution in [0.3, 0.4) is 0 Å². The van der Waals surface area contributed by atoms with E-state index in [4.69, 9.17) is 4.74 Å². The summed E-state index contributed by atoms with van der Waals surface area (Å²) in [5.74, 6) is -1.11. The van der Waals surface area contributed by atoms with Crippen molar-refractivity contribution in [1.82, 2.24) is 4.90 Å². The molecule has 24 heavy (non-hydrogen) atoms. The van der Waals surface area contributed by atoms with Gasteiger partial charge in [0, 0.05) is 0 Å². The van der Waals surface area contributed by atoms with Crippen LogP contribution in [0, 0.1) is 5.82 Å². The number of amidine groups is 1. The molecule has 2 aliphatic heterocycles. The van der Waals surface area contributed by atoms with Gasteiger partial charge in [-0.05, 0) is 38.5 Å². The Morgan fingerprint density at radius 1 is 1.46 bits per heavy atom. The zero-order valence-electron chi connectivity index (χ0n) is 13.6. The van der Waals surface area contributed by atoms with Crippen molar-refractivity contribution in [2.75, 3.05) is 6.61 Å². The van der Waals surface area contributed by atoms with Crippen LogP contribution < -0.4 is 0 Å². The number of esters is 1. The SMILES string of the molecule is CCOC(=O)C1=C(C)N=C2S[C@H](C)C(=O)N2[C@@H]1c1cccc(F)c1. The Kier molecular flexibility index (Phi) is 4.45. The number of carbonyl (C=O) groups is 2. The summed E-state index contributed by atoms with van der Waals surface area (Å²) in [4.78, 5) is 30.9. The molecule has 1 fully saturated rings. The number of rotatable bonds is 3. The molecule has 2 aliphatic rings. The van der Waals surface area contributed by atoms with Gasteiger partial charge >= 0.3 is 5.97 Å². The van der Waals surface area contributed by atoms with Gasteiger partial charge in [-0.1, -0.05) is 23.9 Å². The smallest absolute Gasteiger partial charge is 0.338 e. The van der Waals surface area contributed by atoms with Crippen molar-refractivity contribution in [3.63, 3.8) is 0 Å². The fraction of sp³-hybridized carbons (Fsp3) is 0.353. The lowest BCUT2D eigenvalue weighted by Crippen LogP contribution is -2.40. The number of amides is 1. The number of carbonyl (C=O) groups excluding carboxylic acids is 2. The molecule has 126 valence electrons. The lowest BCUT2D eigenvalue weighted by atomic mass is 9.94. The predicted molar refractivity (Wildman–Crippen MR) is 89.8 cm³/mol. The van der Waals surface area contributed by atoms with E-state index in [1.54, 1.807) is 32.9 Å². The molecule has 0 unspecified atom stereocenters. The van der Waals surface area contributed by atoms with Crippen LogP contribution in [0.5, 0.6) is 0 Å². The van der Waals surface area contributed by atoms with Crippen molar-refractivity contribution in [2.24, 2.45) is 4.99 Å². The molecule has 7 heteroatoms. The third-order valence-corrected chi connectivity index (χ3v) is 4.97. The second-order valence-electron chi connectivity index (χ2n) is 5.54. The Bertz CT molecular complexity index is 775. The average Bonchev–Trinajstić information content (AvgIpc) is 2.80. The first-order valence-electron chi connectivity index (χ1n) is 7.65. The van der Waals surface area contributed by atoms with Crippen molar-refractivity contribution in [1.29, 1.82) is 0 Å². The van der Waals surface area contributed by atoms with Gasteiger partial charge in [0.15, 0.2) is 5.17 Å². The summed E-state index contributed by atoms with van der Waals surface area (Å²) in [7, 11) is 0. The quantitative estimate of drug-likeness (QED) is 0.788. The highest BCUT2D eigenvalue weighted by Gasteiger charge is 2.46. The van der Waals surface area contributed by atoms with E-state index in [-0.39, 0.29) is 23.3 Å². The molecule has 0 aliphatic carbocycles. The molecule has 1 saturated heterocycles. The van der Waals surface area contributed by atoms with Crippen LogP contribution in [0.2, 0.25) is 0 Å². The lowest BCUT2D eigenvalue weighted by molar-refractivity contribution is -0.139. The van der Waals surface area contributed by atoms with Gasteiger partial charge in [0.25, 0.3) is 0 Å². The molecule has 3 rings (SSSR count). The minimum atomic E-state index is -0.725. The fourth-order valence-corrected chi connectivity index (χ4v) is 3.89. The average molecular weight is 348 g/mol. The summed E-state index contributed by atoms with van der Waals surface area (Å²) in [6.45, 7) is 5.41. The predicted octanol–water partition coefficient (Wildman–Crippen LogP) is 3.04. The van der Waals surface area contributed by atoms with E-state index < -0.39 is 17.8 Å². The van der Waals surface area contributed by atoms with Crippen molar-refractivity contribution in [2.45, 2.75) is 32.1 Å². The summed E-state index contributed by atoms with van der Waals surface area (Å²) in [6.07, 6.45) is 0. The first-order chi connectivity index (χ1) is 11.4. The highest BCUT2D eigenvalue weighted by molar-refractivity contribution is 8.15. The van der Waals surface area contributed by atoms with Gasteiger partial charge in [0.05, 0.1) is 29.2 Å². The van der Waals surface area contributed by atoms with Gasteiger partial charge in [-0.2, -0.15) is 0 Å². The van der Waals surface area contributed by atoms with Gasteiger partial charge in [0.1, 0.15) is 5.82 Å². The van der Waals surface area contributed by atoms with Crippen LogP contribution in [0.25, 0.3) is 0 Å². The maximum Gasteiger partial charge on any atom is 0.338 e. The number of thioether (sulfide) groups is 1. The summed E-state index contributed by atoms with van der Waals surface area (Å²) >= 11 is 1.34. The van der Waals surface area contributed by atoms with E-state index in [1.165, 1.54) is 28.8 Å². The van der Waals surface area contributed by atoms with E-state index in [2.05, 4.69) is 4.99 Å². The Hall–Kier alpha value is -2.15. The molecule has 0 saturated carbocycles. The van der Waals surface area contributed by atoms with E-state index in [1.807, 2.05) is 0 Å². The molecule has 0 aromatic heterocycles. The summed E-state index contributed by atoms with van der Waals surface area (Å²) in [5.41, 5.74) is 1.28. The summed E-state index contributed by atoms with van der Waals surface area (Å²) < 4.78 is 18.9. The van der Waals surface area contributed by atoms with Gasteiger partial charge in [0.2, 0.25) is 5.91 Å². The molecule has 1 aromatic carbocycles. The number of hydrogen-bond donors (Lipinski definition) is 0. The van der Waals surface area contributed by atoms with Gasteiger partial charge in [-0.25, -0.2) is 14.2 Å². The molecule has 0 radical (unpaired) electrons. The van der Waals surface area contributed by atoms with Gasteiger partial charge < -0.3 is 4.74 Å². The number of halogens is 1. The largest absolute Gasteiger partial charge is 0.463 e. The van der Waals surface area contributed by atoms with Gasteiger partial charge in [-0.3, -0.25) is 9.69 Å². The van der Waals surface area contributed by atoms with Crippen molar-refractivity contribution in [3.8, 4) is 0 Å². The van der Waals surface area contributed by atoms with E-state index in [9.17, 15) is 14.0 Å². The zero-order valence-corrected chi connectivity index (χ0v) is 14.4. The van der Waals surface area contributed by atoms with Crippen molar-refractivity contribution < 1.29 is 18.7 Å². The fourth-order valence-electron chi connectivity index (χ4n) is 2.86. The highest BCUT2D eigenvalue weighted by Crippen LogP contribution is 2.43. The molecule has 1 amide bonds. The number of hydrogen-bond acceptors (Lipinski definition) is 5. The zero-order chi connectivity index (χ0) is 17.4. The second-order valence-corrected chi connectivity index (χ2v) is 6.85. The molecule has 2 atom stereocenters. The first kappa shape index (κ1) is 16.7. The van der Waals surface area contributed by atoms with Crippen molar-refractivity contribution >= 4 is 28.8 Å². The van der Waals surface area contributed by atoms with Crippen LogP contribution in [0.15, 0.2) is 40.5 Å². The molecular formula is C17H17FN2O3S. The topological polar surface area (TPSA) is 59.0 Å². The standard InChI is InChI=1S/C17H17FN2O3S/c1-4-23-16(22)13-9(2)19-17-20(15(21)10(3)24-17)14(13)11-6-5-7-12(18)8-11/h5-8,10,14H,4H2,1-3H3/t10-,14-/m1/s1. The minimum absolute atomic E-state index is 0.151. The van der Waals surface area contributed by atoms with Crippen LogP contribution in [-0.4, -0.2) is 33.8 Å². The minimum Gasteiger partial charge on any atom is -0.463 e. The Labute approximate surface area is 143 Å². The Morgan fingerprint density at radius 2 is 2.21 bits per heavy atom. The number of allylic oxidation sites excluding steroid dienone is 1. The van der Waals surface area contributed by atoms with Crippen LogP contribution in [0.4, 0.5) is 4.39 Å². The Morgan fingerprint density at radius 3 is 2.88 bits per heavy atom. The van der Waals surface area contributed by atoms with E-state index >= 15 is 0 Å². The molecule has 1 aromatic rings. The molecule has 0 N–H and O–H groups in total. The van der Waals surface area contributed by atoms with Crippen LogP contribution in [-0.2, 0) is 14.3 Å². The van der Waals surface area contributed by atoms with E-state index in [0.29, 0.717) is 16.4 Å². The highest BCUT2D eigenvalue weighted by atomic mass is 32.2. The number of benzene rings is 1. The molecular weight excluding hydrogens is 331 g/mol. The monoisotopic (exact) mass is 348 g/mol. The number of nitrogens with zero attached hydrogens (tertiary/aromatic N) is 2. The van der Waals surface area contributed by atoms with E-state index in [0.717, 1.165) is 0 Å². The number of ether oxygens (including phenoxy) is 1. The molecule has 2 heterocycles. The lowest BCUT2D eigenvalue weighted by Gasteiger charge is -2.33. The van der Waals surface area contributed by atoms with Crippen LogP contribution in [0.1, 0.15) is 32.4 Å².